The Hall–Kier alpha value is -2.04. The topological polar surface area (TPSA) is 9.23 Å². The Bertz CT molecular complexity index is 743. The van der Waals surface area contributed by atoms with Crippen molar-refractivity contribution in [3.8, 4) is 16.9 Å². The van der Waals surface area contributed by atoms with E-state index in [-0.39, 0.29) is 29.0 Å². The van der Waals surface area contributed by atoms with Crippen LogP contribution in [0.2, 0.25) is 0 Å². The molecule has 2 rings (SSSR count). The third-order valence-electron chi connectivity index (χ3n) is 4.37. The molecule has 2 aromatic rings. The summed E-state index contributed by atoms with van der Waals surface area (Å²) in [5.41, 5.74) is -0.538. The number of unbranched alkanes of at least 4 members (excludes halogenated alkanes) is 5. The van der Waals surface area contributed by atoms with Gasteiger partial charge in [-0.15, -0.1) is 0 Å². The molecule has 0 radical (unpaired) electrons. The second kappa shape index (κ2) is 9.60. The van der Waals surface area contributed by atoms with E-state index in [1.54, 1.807) is 0 Å². The largest absolute Gasteiger partial charge is 0.490 e. The monoisotopic (exact) mass is 368 g/mol. The van der Waals surface area contributed by atoms with Gasteiger partial charge < -0.3 is 4.74 Å². The number of rotatable bonds is 9. The lowest BCUT2D eigenvalue weighted by molar-refractivity contribution is 0.285. The van der Waals surface area contributed by atoms with Gasteiger partial charge in [-0.25, -0.2) is 13.2 Å². The maximum absolute atomic E-state index is 14.3. The lowest BCUT2D eigenvalue weighted by atomic mass is 10.0. The zero-order chi connectivity index (χ0) is 19.1. The SMILES string of the molecule is CCCCCCCCOc1ccc(-c2ccc(C)c(F)c2F)c(F)c1F. The Morgan fingerprint density at radius 2 is 1.27 bits per heavy atom. The second-order valence-electron chi connectivity index (χ2n) is 6.41. The summed E-state index contributed by atoms with van der Waals surface area (Å²) < 4.78 is 61.6. The highest BCUT2D eigenvalue weighted by Crippen LogP contribution is 2.32. The van der Waals surface area contributed by atoms with E-state index in [9.17, 15) is 17.6 Å². The molecule has 0 heterocycles. The molecule has 0 bridgehead atoms. The van der Waals surface area contributed by atoms with Gasteiger partial charge in [-0.05, 0) is 31.0 Å². The molecule has 0 aromatic heterocycles. The first kappa shape index (κ1) is 20.3. The number of benzene rings is 2. The van der Waals surface area contributed by atoms with Gasteiger partial charge in [0.1, 0.15) is 0 Å². The molecule has 1 nitrogen and oxygen atoms in total. The van der Waals surface area contributed by atoms with Crippen molar-refractivity contribution in [3.05, 3.63) is 53.1 Å². The van der Waals surface area contributed by atoms with Crippen molar-refractivity contribution in [2.75, 3.05) is 6.61 Å². The van der Waals surface area contributed by atoms with Crippen LogP contribution in [-0.4, -0.2) is 6.61 Å². The maximum Gasteiger partial charge on any atom is 0.201 e. The average molecular weight is 368 g/mol. The van der Waals surface area contributed by atoms with Crippen molar-refractivity contribution < 1.29 is 22.3 Å². The lowest BCUT2D eigenvalue weighted by Crippen LogP contribution is -2.02. The van der Waals surface area contributed by atoms with Gasteiger partial charge in [0.2, 0.25) is 5.82 Å². The van der Waals surface area contributed by atoms with Gasteiger partial charge in [0.05, 0.1) is 6.61 Å². The Kier molecular flexibility index (Phi) is 7.49. The van der Waals surface area contributed by atoms with Crippen LogP contribution in [0.25, 0.3) is 11.1 Å². The first-order valence-corrected chi connectivity index (χ1v) is 9.03. The van der Waals surface area contributed by atoms with Crippen LogP contribution in [0.4, 0.5) is 17.6 Å². The summed E-state index contributed by atoms with van der Waals surface area (Å²) in [5, 5.41) is 0. The molecule has 142 valence electrons. The number of hydrogen-bond acceptors (Lipinski definition) is 1. The minimum Gasteiger partial charge on any atom is -0.490 e. The predicted molar refractivity (Wildman–Crippen MR) is 95.3 cm³/mol. The molecule has 0 aliphatic rings. The van der Waals surface area contributed by atoms with Gasteiger partial charge in [0, 0.05) is 11.1 Å². The predicted octanol–water partition coefficient (Wildman–Crippen LogP) is 6.96. The summed E-state index contributed by atoms with van der Waals surface area (Å²) in [7, 11) is 0. The molecule has 0 aliphatic heterocycles. The van der Waals surface area contributed by atoms with Crippen LogP contribution in [0.5, 0.6) is 5.75 Å². The molecule has 26 heavy (non-hydrogen) atoms. The summed E-state index contributed by atoms with van der Waals surface area (Å²) in [6, 6.07) is 5.03. The molecule has 2 aromatic carbocycles. The second-order valence-corrected chi connectivity index (χ2v) is 6.41. The van der Waals surface area contributed by atoms with Crippen LogP contribution < -0.4 is 4.74 Å². The molecule has 0 fully saturated rings. The van der Waals surface area contributed by atoms with Gasteiger partial charge >= 0.3 is 0 Å². The normalized spacial score (nSPS) is 11.0. The molecule has 0 saturated carbocycles. The van der Waals surface area contributed by atoms with Crippen molar-refractivity contribution in [2.45, 2.75) is 52.4 Å². The van der Waals surface area contributed by atoms with Crippen molar-refractivity contribution in [3.63, 3.8) is 0 Å². The Morgan fingerprint density at radius 1 is 0.692 bits per heavy atom. The molecule has 5 heteroatoms. The smallest absolute Gasteiger partial charge is 0.201 e. The van der Waals surface area contributed by atoms with E-state index in [1.165, 1.54) is 44.0 Å². The highest BCUT2D eigenvalue weighted by molar-refractivity contribution is 5.66. The van der Waals surface area contributed by atoms with Crippen molar-refractivity contribution in [1.82, 2.24) is 0 Å². The first-order valence-electron chi connectivity index (χ1n) is 9.03. The third kappa shape index (κ3) is 4.77. The molecule has 0 atom stereocenters. The Labute approximate surface area is 152 Å². The number of aryl methyl sites for hydroxylation is 1. The Morgan fingerprint density at radius 3 is 1.96 bits per heavy atom. The van der Waals surface area contributed by atoms with E-state index in [2.05, 4.69) is 6.92 Å². The fourth-order valence-corrected chi connectivity index (χ4v) is 2.77. The minimum absolute atomic E-state index is 0.103. The van der Waals surface area contributed by atoms with Crippen LogP contribution in [-0.2, 0) is 0 Å². The fraction of sp³-hybridized carbons (Fsp3) is 0.429. The summed E-state index contributed by atoms with van der Waals surface area (Å²) in [4.78, 5) is 0. The molecular weight excluding hydrogens is 344 g/mol. The van der Waals surface area contributed by atoms with Gasteiger partial charge in [-0.3, -0.25) is 0 Å². The molecule has 0 N–H and O–H groups in total. The first-order chi connectivity index (χ1) is 12.5. The fourth-order valence-electron chi connectivity index (χ4n) is 2.77. The highest BCUT2D eigenvalue weighted by Gasteiger charge is 2.20. The molecule has 0 aliphatic carbocycles. The summed E-state index contributed by atoms with van der Waals surface area (Å²) >= 11 is 0. The standard InChI is InChI=1S/C21H24F4O/c1-3-4-5-6-7-8-13-26-17-12-11-16(20(24)21(17)25)15-10-9-14(2)18(22)19(15)23/h9-12H,3-8,13H2,1-2H3. The van der Waals surface area contributed by atoms with Crippen molar-refractivity contribution >= 4 is 0 Å². The zero-order valence-electron chi connectivity index (χ0n) is 15.2. The van der Waals surface area contributed by atoms with Crippen LogP contribution in [0, 0.1) is 30.2 Å². The van der Waals surface area contributed by atoms with Crippen LogP contribution in [0.3, 0.4) is 0 Å². The maximum atomic E-state index is 14.3. The van der Waals surface area contributed by atoms with Crippen LogP contribution in [0.1, 0.15) is 51.0 Å². The van der Waals surface area contributed by atoms with E-state index in [0.717, 1.165) is 25.7 Å². The van der Waals surface area contributed by atoms with Gasteiger partial charge in [0.15, 0.2) is 23.2 Å². The summed E-state index contributed by atoms with van der Waals surface area (Å²) in [6.07, 6.45) is 6.33. The number of halogens is 4. The molecule has 0 saturated heterocycles. The molecule has 0 spiro atoms. The lowest BCUT2D eigenvalue weighted by Gasteiger charge is -2.12. The van der Waals surface area contributed by atoms with Gasteiger partial charge in [-0.2, -0.15) is 4.39 Å². The van der Waals surface area contributed by atoms with E-state index in [0.29, 0.717) is 0 Å². The van der Waals surface area contributed by atoms with Crippen LogP contribution >= 0.6 is 0 Å². The zero-order valence-corrected chi connectivity index (χ0v) is 15.2. The highest BCUT2D eigenvalue weighted by atomic mass is 19.2. The number of hydrogen-bond donors (Lipinski definition) is 0. The quantitative estimate of drug-likeness (QED) is 0.343. The van der Waals surface area contributed by atoms with E-state index < -0.39 is 23.3 Å². The van der Waals surface area contributed by atoms with E-state index in [4.69, 9.17) is 4.74 Å². The third-order valence-corrected chi connectivity index (χ3v) is 4.37. The summed E-state index contributed by atoms with van der Waals surface area (Å²) in [5.74, 6) is -4.90. The van der Waals surface area contributed by atoms with Gasteiger partial charge in [-0.1, -0.05) is 51.2 Å². The minimum atomic E-state index is -1.24. The van der Waals surface area contributed by atoms with Crippen molar-refractivity contribution in [2.24, 2.45) is 0 Å². The van der Waals surface area contributed by atoms with Crippen LogP contribution in [0.15, 0.2) is 24.3 Å². The van der Waals surface area contributed by atoms with Crippen molar-refractivity contribution in [1.29, 1.82) is 0 Å². The molecule has 0 amide bonds. The number of ether oxygens (including phenoxy) is 1. The van der Waals surface area contributed by atoms with E-state index in [1.807, 2.05) is 0 Å². The Balaban J connectivity index is 2.06. The molecular formula is C21H24F4O. The average Bonchev–Trinajstić information content (AvgIpc) is 2.63. The molecule has 0 unspecified atom stereocenters. The summed E-state index contributed by atoms with van der Waals surface area (Å²) in [6.45, 7) is 3.83. The van der Waals surface area contributed by atoms with E-state index >= 15 is 0 Å². The van der Waals surface area contributed by atoms with Gasteiger partial charge in [0.25, 0.3) is 0 Å².